The van der Waals surface area contributed by atoms with Crippen LogP contribution in [-0.4, -0.2) is 37.9 Å². The summed E-state index contributed by atoms with van der Waals surface area (Å²) in [6, 6.07) is 5.65. The first-order valence-electron chi connectivity index (χ1n) is 7.35. The Morgan fingerprint density at radius 1 is 1.23 bits per heavy atom. The van der Waals surface area contributed by atoms with Gasteiger partial charge in [-0.1, -0.05) is 33.9 Å². The Balaban J connectivity index is 1.77. The van der Waals surface area contributed by atoms with Gasteiger partial charge >= 0.3 is 5.69 Å². The average molecular weight is 454 g/mol. The van der Waals surface area contributed by atoms with E-state index >= 15 is 0 Å². The number of nitro groups is 1. The second kappa shape index (κ2) is 7.81. The van der Waals surface area contributed by atoms with Crippen LogP contribution in [0, 0.1) is 10.1 Å². The van der Waals surface area contributed by atoms with E-state index in [1.165, 1.54) is 35.6 Å². The molecular formula is C14H13Cl2N3O4S3. The molecule has 0 saturated carbocycles. The number of benzene rings is 1. The van der Waals surface area contributed by atoms with Crippen LogP contribution in [0.3, 0.4) is 0 Å². The molecule has 0 atom stereocenters. The van der Waals surface area contributed by atoms with Crippen molar-refractivity contribution in [1.82, 2.24) is 0 Å². The van der Waals surface area contributed by atoms with Gasteiger partial charge in [0.15, 0.2) is 5.00 Å². The van der Waals surface area contributed by atoms with Gasteiger partial charge in [0, 0.05) is 35.7 Å². The maximum absolute atomic E-state index is 12.5. The minimum atomic E-state index is -3.88. The van der Waals surface area contributed by atoms with E-state index in [2.05, 4.69) is 3.77 Å². The zero-order chi connectivity index (χ0) is 18.9. The van der Waals surface area contributed by atoms with Crippen LogP contribution in [0.15, 0.2) is 38.3 Å². The Kier molecular flexibility index (Phi) is 5.88. The molecule has 2 heterocycles. The fraction of sp³-hybridized carbons (Fsp3) is 0.286. The zero-order valence-corrected chi connectivity index (χ0v) is 17.1. The topological polar surface area (TPSA) is 92.9 Å². The van der Waals surface area contributed by atoms with Crippen molar-refractivity contribution in [3.63, 3.8) is 0 Å². The van der Waals surface area contributed by atoms with Crippen molar-refractivity contribution in [2.24, 2.45) is 3.77 Å². The lowest BCUT2D eigenvalue weighted by atomic mass is 10.4. The molecule has 1 saturated heterocycles. The maximum Gasteiger partial charge on any atom is 0.303 e. The molecule has 0 unspecified atom stereocenters. The third-order valence-corrected chi connectivity index (χ3v) is 9.15. The number of rotatable bonds is 4. The van der Waals surface area contributed by atoms with Crippen LogP contribution in [0.1, 0.15) is 0 Å². The molecule has 0 aliphatic carbocycles. The van der Waals surface area contributed by atoms with Crippen LogP contribution < -0.4 is 4.90 Å². The van der Waals surface area contributed by atoms with E-state index in [9.17, 15) is 18.5 Å². The average Bonchev–Trinajstić information content (AvgIpc) is 3.04. The highest BCUT2D eigenvalue weighted by molar-refractivity contribution is 8.00. The number of hydrogen-bond donors (Lipinski definition) is 0. The second-order valence-electron chi connectivity index (χ2n) is 5.35. The molecule has 0 spiro atoms. The van der Waals surface area contributed by atoms with Crippen LogP contribution >= 0.6 is 34.5 Å². The van der Waals surface area contributed by atoms with Gasteiger partial charge < -0.3 is 4.90 Å². The molecule has 1 fully saturated rings. The summed E-state index contributed by atoms with van der Waals surface area (Å²) in [5, 5.41) is 13.7. The third kappa shape index (κ3) is 4.20. The molecule has 1 aromatic heterocycles. The van der Waals surface area contributed by atoms with Crippen molar-refractivity contribution in [2.45, 2.75) is 4.90 Å². The van der Waals surface area contributed by atoms with E-state index in [0.717, 1.165) is 0 Å². The Morgan fingerprint density at radius 2 is 1.92 bits per heavy atom. The number of anilines is 1. The Bertz CT molecular complexity index is 981. The molecule has 1 aliphatic heterocycles. The summed E-state index contributed by atoms with van der Waals surface area (Å²) in [5.74, 6) is 1.03. The molecule has 0 radical (unpaired) electrons. The summed E-state index contributed by atoms with van der Waals surface area (Å²) in [4.78, 5) is 12.5. The van der Waals surface area contributed by atoms with Crippen LogP contribution in [0.2, 0.25) is 10.0 Å². The van der Waals surface area contributed by atoms with Crippen molar-refractivity contribution in [1.29, 1.82) is 0 Å². The van der Waals surface area contributed by atoms with E-state index < -0.39 is 25.6 Å². The van der Waals surface area contributed by atoms with Crippen molar-refractivity contribution >= 4 is 65.9 Å². The fourth-order valence-corrected chi connectivity index (χ4v) is 7.72. The van der Waals surface area contributed by atoms with E-state index in [1.54, 1.807) is 5.38 Å². The molecule has 2 aromatic rings. The first kappa shape index (κ1) is 19.6. The highest BCUT2D eigenvalue weighted by Crippen LogP contribution is 2.35. The molecule has 12 heteroatoms. The van der Waals surface area contributed by atoms with Crippen molar-refractivity contribution in [3.8, 4) is 0 Å². The summed E-state index contributed by atoms with van der Waals surface area (Å²) < 4.78 is 29.0. The lowest BCUT2D eigenvalue weighted by Crippen LogP contribution is -2.37. The Hall–Kier alpha value is -1.20. The van der Waals surface area contributed by atoms with Gasteiger partial charge in [0.2, 0.25) is 0 Å². The van der Waals surface area contributed by atoms with Gasteiger partial charge in [0.1, 0.15) is 4.90 Å². The Morgan fingerprint density at radius 3 is 2.54 bits per heavy atom. The molecule has 3 rings (SSSR count). The minimum absolute atomic E-state index is 0.0395. The van der Waals surface area contributed by atoms with Gasteiger partial charge in [0.25, 0.3) is 10.0 Å². The molecule has 1 aliphatic rings. The number of hydrogen-bond acceptors (Lipinski definition) is 6. The van der Waals surface area contributed by atoms with E-state index in [4.69, 9.17) is 23.2 Å². The van der Waals surface area contributed by atoms with Crippen LogP contribution in [0.25, 0.3) is 0 Å². The number of halogens is 2. The largest absolute Gasteiger partial charge is 0.356 e. The van der Waals surface area contributed by atoms with Crippen LogP contribution in [-0.2, 0) is 20.7 Å². The van der Waals surface area contributed by atoms with Crippen LogP contribution in [0.4, 0.5) is 10.7 Å². The third-order valence-electron chi connectivity index (χ3n) is 3.68. The van der Waals surface area contributed by atoms with Gasteiger partial charge in [-0.25, -0.2) is 0 Å². The van der Waals surface area contributed by atoms with E-state index in [1.807, 2.05) is 4.90 Å². The van der Waals surface area contributed by atoms with E-state index in [-0.39, 0.29) is 15.6 Å². The first-order valence-corrected chi connectivity index (χ1v) is 11.9. The molecule has 0 amide bonds. The molecule has 7 nitrogen and oxygen atoms in total. The summed E-state index contributed by atoms with van der Waals surface area (Å²) in [6.45, 7) is 1.02. The number of sulfonamides is 1. The van der Waals surface area contributed by atoms with Gasteiger partial charge in [-0.2, -0.15) is 8.42 Å². The van der Waals surface area contributed by atoms with Crippen molar-refractivity contribution in [3.05, 3.63) is 49.8 Å². The SMILES string of the molecule is O=[N+]([O-])c1ccsc1N1CCS(=NS(=O)(=O)c2ccc(Cl)cc2Cl)CC1. The molecular weight excluding hydrogens is 441 g/mol. The summed E-state index contributed by atoms with van der Waals surface area (Å²) >= 11 is 13.1. The summed E-state index contributed by atoms with van der Waals surface area (Å²) in [5.41, 5.74) is 0.0780. The Labute approximate surface area is 166 Å². The molecule has 1 aromatic carbocycles. The summed E-state index contributed by atoms with van der Waals surface area (Å²) in [7, 11) is -4.57. The van der Waals surface area contributed by atoms with Gasteiger partial charge in [0.05, 0.1) is 9.95 Å². The molecule has 140 valence electrons. The predicted molar refractivity (Wildman–Crippen MR) is 106 cm³/mol. The zero-order valence-electron chi connectivity index (χ0n) is 13.2. The molecule has 0 bridgehead atoms. The minimum Gasteiger partial charge on any atom is -0.356 e. The lowest BCUT2D eigenvalue weighted by molar-refractivity contribution is -0.383. The van der Waals surface area contributed by atoms with Crippen molar-refractivity contribution in [2.75, 3.05) is 29.5 Å². The first-order chi connectivity index (χ1) is 12.3. The monoisotopic (exact) mass is 453 g/mol. The molecule has 0 N–H and O–H groups in total. The molecule has 26 heavy (non-hydrogen) atoms. The van der Waals surface area contributed by atoms with Crippen LogP contribution in [0.5, 0.6) is 0 Å². The van der Waals surface area contributed by atoms with Gasteiger partial charge in [-0.05, 0) is 23.6 Å². The van der Waals surface area contributed by atoms with E-state index in [0.29, 0.717) is 34.6 Å². The normalized spacial score (nSPS) is 15.8. The van der Waals surface area contributed by atoms with Crippen molar-refractivity contribution < 1.29 is 13.3 Å². The second-order valence-corrected chi connectivity index (χ2v) is 10.8. The van der Waals surface area contributed by atoms with Gasteiger partial charge in [-0.3, -0.25) is 10.1 Å². The smallest absolute Gasteiger partial charge is 0.303 e. The summed E-state index contributed by atoms with van der Waals surface area (Å²) in [6.07, 6.45) is 0. The quantitative estimate of drug-likeness (QED) is 0.515. The number of thiophene rings is 1. The predicted octanol–water partition coefficient (Wildman–Crippen LogP) is 3.97. The fourth-order valence-electron chi connectivity index (χ4n) is 2.46. The highest BCUT2D eigenvalue weighted by atomic mass is 35.5. The lowest BCUT2D eigenvalue weighted by Gasteiger charge is -2.28. The highest BCUT2D eigenvalue weighted by Gasteiger charge is 2.25. The standard InChI is InChI=1S/C14H13Cl2N3O4S3/c15-10-1-2-13(11(16)9-10)26(22,23)17-25-7-4-18(5-8-25)14-12(19(20)21)3-6-24-14/h1-3,6,9H,4-5,7-8H2. The maximum atomic E-state index is 12.5. The van der Waals surface area contributed by atoms with Gasteiger partial charge in [-0.15, -0.1) is 15.1 Å². The number of nitrogens with zero attached hydrogens (tertiary/aromatic N) is 3.